The second-order valence-electron chi connectivity index (χ2n) is 4.08. The lowest BCUT2D eigenvalue weighted by Gasteiger charge is -2.11. The van der Waals surface area contributed by atoms with E-state index in [2.05, 4.69) is 13.0 Å². The van der Waals surface area contributed by atoms with Gasteiger partial charge in [-0.05, 0) is 54.3 Å². The van der Waals surface area contributed by atoms with Crippen LogP contribution in [0.5, 0.6) is 0 Å². The van der Waals surface area contributed by atoms with Crippen molar-refractivity contribution in [1.82, 2.24) is 0 Å². The molecule has 0 bridgehead atoms. The minimum atomic E-state index is 0.784. The second kappa shape index (κ2) is 3.89. The zero-order chi connectivity index (χ0) is 11.7. The highest BCUT2D eigenvalue weighted by molar-refractivity contribution is 5.74. The minimum Gasteiger partial charge on any atom is -0.399 e. The van der Waals surface area contributed by atoms with Gasteiger partial charge in [-0.15, -0.1) is 0 Å². The Kier molecular flexibility index (Phi) is 2.57. The van der Waals surface area contributed by atoms with Gasteiger partial charge in [0.25, 0.3) is 0 Å². The molecule has 0 aliphatic carbocycles. The Morgan fingerprint density at radius 2 is 1.62 bits per heavy atom. The molecule has 0 unspecified atom stereocenters. The molecule has 0 amide bonds. The molecule has 0 aromatic heterocycles. The molecular formula is C14H16N2. The highest BCUT2D eigenvalue weighted by atomic mass is 14.6. The Balaban J connectivity index is 2.61. The van der Waals surface area contributed by atoms with Gasteiger partial charge >= 0.3 is 0 Å². The van der Waals surface area contributed by atoms with Crippen molar-refractivity contribution in [2.75, 3.05) is 11.5 Å². The molecule has 16 heavy (non-hydrogen) atoms. The Morgan fingerprint density at radius 1 is 0.875 bits per heavy atom. The maximum Gasteiger partial charge on any atom is 0.0346 e. The van der Waals surface area contributed by atoms with Crippen LogP contribution < -0.4 is 11.5 Å². The molecule has 0 saturated carbocycles. The van der Waals surface area contributed by atoms with Gasteiger partial charge in [-0.2, -0.15) is 0 Å². The Labute approximate surface area is 95.9 Å². The highest BCUT2D eigenvalue weighted by Crippen LogP contribution is 2.29. The van der Waals surface area contributed by atoms with Gasteiger partial charge in [0.1, 0.15) is 0 Å². The molecular weight excluding hydrogens is 196 g/mol. The van der Waals surface area contributed by atoms with E-state index in [0.717, 1.165) is 22.5 Å². The second-order valence-corrected chi connectivity index (χ2v) is 4.08. The first-order chi connectivity index (χ1) is 7.59. The molecule has 0 radical (unpaired) electrons. The third kappa shape index (κ3) is 1.74. The maximum absolute atomic E-state index is 5.87. The SMILES string of the molecule is Cc1c(N)ccc(-c2cccc(N)c2)c1C. The quantitative estimate of drug-likeness (QED) is 0.713. The fourth-order valence-electron chi connectivity index (χ4n) is 1.86. The molecule has 2 heteroatoms. The first-order valence-electron chi connectivity index (χ1n) is 5.31. The van der Waals surface area contributed by atoms with Crippen LogP contribution in [0.25, 0.3) is 11.1 Å². The average Bonchev–Trinajstić information content (AvgIpc) is 2.26. The van der Waals surface area contributed by atoms with Crippen LogP contribution in [0.1, 0.15) is 11.1 Å². The third-order valence-electron chi connectivity index (χ3n) is 3.03. The summed E-state index contributed by atoms with van der Waals surface area (Å²) in [7, 11) is 0. The van der Waals surface area contributed by atoms with Crippen LogP contribution >= 0.6 is 0 Å². The molecule has 2 aromatic carbocycles. The number of nitrogens with two attached hydrogens (primary N) is 2. The monoisotopic (exact) mass is 212 g/mol. The first-order valence-corrected chi connectivity index (χ1v) is 5.31. The van der Waals surface area contributed by atoms with Gasteiger partial charge in [0.15, 0.2) is 0 Å². The van der Waals surface area contributed by atoms with Crippen LogP contribution in [0, 0.1) is 13.8 Å². The van der Waals surface area contributed by atoms with E-state index >= 15 is 0 Å². The summed E-state index contributed by atoms with van der Waals surface area (Å²) in [5.41, 5.74) is 18.0. The number of hydrogen-bond donors (Lipinski definition) is 2. The van der Waals surface area contributed by atoms with E-state index in [0.29, 0.717) is 0 Å². The standard InChI is InChI=1S/C14H16N2/c1-9-10(2)14(16)7-6-13(9)11-4-3-5-12(15)8-11/h3-8H,15-16H2,1-2H3. The third-order valence-corrected chi connectivity index (χ3v) is 3.03. The summed E-state index contributed by atoms with van der Waals surface area (Å²) < 4.78 is 0. The zero-order valence-electron chi connectivity index (χ0n) is 9.62. The number of rotatable bonds is 1. The van der Waals surface area contributed by atoms with Gasteiger partial charge in [-0.25, -0.2) is 0 Å². The van der Waals surface area contributed by atoms with Crippen LogP contribution in [-0.2, 0) is 0 Å². The predicted molar refractivity (Wildman–Crippen MR) is 70.2 cm³/mol. The minimum absolute atomic E-state index is 0.784. The molecule has 2 rings (SSSR count). The molecule has 82 valence electrons. The fraction of sp³-hybridized carbons (Fsp3) is 0.143. The number of anilines is 2. The van der Waals surface area contributed by atoms with Crippen LogP contribution in [0.4, 0.5) is 11.4 Å². The van der Waals surface area contributed by atoms with Crippen molar-refractivity contribution in [2.45, 2.75) is 13.8 Å². The van der Waals surface area contributed by atoms with E-state index in [1.807, 2.05) is 37.3 Å². The van der Waals surface area contributed by atoms with Crippen LogP contribution in [0.3, 0.4) is 0 Å². The fourth-order valence-corrected chi connectivity index (χ4v) is 1.86. The van der Waals surface area contributed by atoms with Crippen molar-refractivity contribution in [3.63, 3.8) is 0 Å². The lowest BCUT2D eigenvalue weighted by molar-refractivity contribution is 1.34. The van der Waals surface area contributed by atoms with E-state index in [1.54, 1.807) is 0 Å². The topological polar surface area (TPSA) is 52.0 Å². The van der Waals surface area contributed by atoms with Gasteiger partial charge in [0.2, 0.25) is 0 Å². The number of nitrogen functional groups attached to an aromatic ring is 2. The molecule has 0 spiro atoms. The first kappa shape index (κ1) is 10.6. The molecule has 2 nitrogen and oxygen atoms in total. The van der Waals surface area contributed by atoms with Crippen LogP contribution in [0.2, 0.25) is 0 Å². The van der Waals surface area contributed by atoms with Crippen molar-refractivity contribution in [3.8, 4) is 11.1 Å². The molecule has 0 saturated heterocycles. The van der Waals surface area contributed by atoms with E-state index in [-0.39, 0.29) is 0 Å². The lowest BCUT2D eigenvalue weighted by Crippen LogP contribution is -1.95. The molecule has 0 fully saturated rings. The Hall–Kier alpha value is -1.96. The summed E-state index contributed by atoms with van der Waals surface area (Å²) in [6, 6.07) is 11.9. The van der Waals surface area contributed by atoms with E-state index < -0.39 is 0 Å². The van der Waals surface area contributed by atoms with Crippen molar-refractivity contribution >= 4 is 11.4 Å². The molecule has 0 heterocycles. The van der Waals surface area contributed by atoms with Gasteiger partial charge in [-0.1, -0.05) is 18.2 Å². The van der Waals surface area contributed by atoms with E-state index in [9.17, 15) is 0 Å². The Bertz CT molecular complexity index is 530. The summed E-state index contributed by atoms with van der Waals surface area (Å²) in [5.74, 6) is 0. The van der Waals surface area contributed by atoms with Crippen molar-refractivity contribution < 1.29 is 0 Å². The Morgan fingerprint density at radius 3 is 2.31 bits per heavy atom. The van der Waals surface area contributed by atoms with Gasteiger partial charge in [-0.3, -0.25) is 0 Å². The molecule has 0 aliphatic heterocycles. The molecule has 0 aliphatic rings. The highest BCUT2D eigenvalue weighted by Gasteiger charge is 2.06. The normalized spacial score (nSPS) is 10.4. The van der Waals surface area contributed by atoms with Crippen molar-refractivity contribution in [1.29, 1.82) is 0 Å². The van der Waals surface area contributed by atoms with E-state index in [1.165, 1.54) is 11.1 Å². The number of benzene rings is 2. The lowest BCUT2D eigenvalue weighted by atomic mass is 9.96. The van der Waals surface area contributed by atoms with Gasteiger partial charge in [0, 0.05) is 11.4 Å². The van der Waals surface area contributed by atoms with Crippen LogP contribution in [-0.4, -0.2) is 0 Å². The van der Waals surface area contributed by atoms with Crippen LogP contribution in [0.15, 0.2) is 36.4 Å². The van der Waals surface area contributed by atoms with Crippen molar-refractivity contribution in [3.05, 3.63) is 47.5 Å². The zero-order valence-corrected chi connectivity index (χ0v) is 9.62. The number of hydrogen-bond acceptors (Lipinski definition) is 2. The molecule has 2 aromatic rings. The summed E-state index contributed by atoms with van der Waals surface area (Å²) in [6.45, 7) is 4.13. The van der Waals surface area contributed by atoms with Crippen molar-refractivity contribution in [2.24, 2.45) is 0 Å². The summed E-state index contributed by atoms with van der Waals surface area (Å²) in [5, 5.41) is 0. The smallest absolute Gasteiger partial charge is 0.0346 e. The van der Waals surface area contributed by atoms with Gasteiger partial charge < -0.3 is 11.5 Å². The largest absolute Gasteiger partial charge is 0.399 e. The average molecular weight is 212 g/mol. The van der Waals surface area contributed by atoms with Gasteiger partial charge in [0.05, 0.1) is 0 Å². The predicted octanol–water partition coefficient (Wildman–Crippen LogP) is 3.13. The molecule has 4 N–H and O–H groups in total. The van der Waals surface area contributed by atoms with E-state index in [4.69, 9.17) is 11.5 Å². The summed E-state index contributed by atoms with van der Waals surface area (Å²) in [6.07, 6.45) is 0. The maximum atomic E-state index is 5.87. The summed E-state index contributed by atoms with van der Waals surface area (Å²) >= 11 is 0. The summed E-state index contributed by atoms with van der Waals surface area (Å²) in [4.78, 5) is 0. The molecule has 0 atom stereocenters.